The van der Waals surface area contributed by atoms with E-state index in [0.29, 0.717) is 11.3 Å². The summed E-state index contributed by atoms with van der Waals surface area (Å²) in [7, 11) is 6.00. The van der Waals surface area contributed by atoms with Crippen LogP contribution in [-0.4, -0.2) is 53.9 Å². The number of carbonyl (C=O) groups excluding carboxylic acids is 1. The summed E-state index contributed by atoms with van der Waals surface area (Å²) < 4.78 is 0. The fourth-order valence-electron chi connectivity index (χ4n) is 2.90. The standard InChI is InChI=1S/C15H25N5O/c1-11-8-13(18-16)12(9-17-11)14(21)20(4)10-15(19(2)3)6-5-7-15/h8-9H,5-7,10,16H2,1-4H3,(H,17,18). The molecule has 0 spiro atoms. The number of anilines is 1. The summed E-state index contributed by atoms with van der Waals surface area (Å²) in [6.07, 6.45) is 5.08. The molecular formula is C15H25N5O. The molecule has 2 rings (SSSR count). The van der Waals surface area contributed by atoms with E-state index in [1.54, 1.807) is 17.2 Å². The molecule has 0 radical (unpaired) electrons. The van der Waals surface area contributed by atoms with Crippen molar-refractivity contribution in [3.05, 3.63) is 23.5 Å². The molecule has 1 amide bonds. The largest absolute Gasteiger partial charge is 0.340 e. The van der Waals surface area contributed by atoms with Crippen molar-refractivity contribution in [2.75, 3.05) is 33.1 Å². The fourth-order valence-corrected chi connectivity index (χ4v) is 2.90. The Bertz CT molecular complexity index is 525. The highest BCUT2D eigenvalue weighted by molar-refractivity contribution is 5.99. The topological polar surface area (TPSA) is 74.5 Å². The molecule has 0 bridgehead atoms. The summed E-state index contributed by atoms with van der Waals surface area (Å²) >= 11 is 0. The SMILES string of the molecule is Cc1cc(NN)c(C(=O)N(C)CC2(N(C)C)CCC2)cn1. The minimum Gasteiger partial charge on any atom is -0.340 e. The Hall–Kier alpha value is -1.66. The van der Waals surface area contributed by atoms with Gasteiger partial charge in [-0.1, -0.05) is 0 Å². The molecule has 1 fully saturated rings. The molecule has 1 saturated carbocycles. The van der Waals surface area contributed by atoms with Crippen LogP contribution in [0, 0.1) is 6.92 Å². The molecule has 0 saturated heterocycles. The van der Waals surface area contributed by atoms with Crippen LogP contribution < -0.4 is 11.3 Å². The number of hydrogen-bond donors (Lipinski definition) is 2. The number of carbonyl (C=O) groups is 1. The summed E-state index contributed by atoms with van der Waals surface area (Å²) in [6, 6.07) is 1.78. The zero-order valence-corrected chi connectivity index (χ0v) is 13.3. The summed E-state index contributed by atoms with van der Waals surface area (Å²) in [6.45, 7) is 2.59. The second-order valence-corrected chi connectivity index (χ2v) is 6.15. The lowest BCUT2D eigenvalue weighted by Crippen LogP contribution is -2.57. The van der Waals surface area contributed by atoms with Gasteiger partial charge >= 0.3 is 0 Å². The second kappa shape index (κ2) is 5.99. The van der Waals surface area contributed by atoms with Crippen molar-refractivity contribution in [2.24, 2.45) is 5.84 Å². The van der Waals surface area contributed by atoms with Gasteiger partial charge in [-0.15, -0.1) is 0 Å². The van der Waals surface area contributed by atoms with E-state index in [1.165, 1.54) is 6.42 Å². The third-order valence-corrected chi connectivity index (χ3v) is 4.54. The highest BCUT2D eigenvalue weighted by Gasteiger charge is 2.40. The zero-order chi connectivity index (χ0) is 15.6. The number of aryl methyl sites for hydroxylation is 1. The van der Waals surface area contributed by atoms with Gasteiger partial charge in [0.25, 0.3) is 5.91 Å². The molecule has 116 valence electrons. The van der Waals surface area contributed by atoms with Gasteiger partial charge in [0.15, 0.2) is 0 Å². The molecule has 0 aromatic carbocycles. The summed E-state index contributed by atoms with van der Waals surface area (Å²) in [5.41, 5.74) is 4.65. The Morgan fingerprint density at radius 2 is 2.10 bits per heavy atom. The molecule has 1 aromatic rings. The van der Waals surface area contributed by atoms with Crippen molar-refractivity contribution in [3.63, 3.8) is 0 Å². The van der Waals surface area contributed by atoms with Crippen molar-refractivity contribution in [1.29, 1.82) is 0 Å². The number of pyridine rings is 1. The Balaban J connectivity index is 2.16. The zero-order valence-electron chi connectivity index (χ0n) is 13.3. The third kappa shape index (κ3) is 3.01. The minimum atomic E-state index is -0.0522. The molecule has 6 heteroatoms. The molecule has 1 aromatic heterocycles. The van der Waals surface area contributed by atoms with E-state index in [4.69, 9.17) is 5.84 Å². The number of aromatic nitrogens is 1. The maximum atomic E-state index is 12.6. The predicted octanol–water partition coefficient (Wildman–Crippen LogP) is 1.23. The van der Waals surface area contributed by atoms with E-state index >= 15 is 0 Å². The lowest BCUT2D eigenvalue weighted by molar-refractivity contribution is 0.0252. The van der Waals surface area contributed by atoms with E-state index in [0.717, 1.165) is 25.1 Å². The number of nitrogen functional groups attached to an aromatic ring is 1. The minimum absolute atomic E-state index is 0.0522. The predicted molar refractivity (Wildman–Crippen MR) is 84.0 cm³/mol. The molecule has 1 aliphatic rings. The monoisotopic (exact) mass is 291 g/mol. The summed E-state index contributed by atoms with van der Waals surface area (Å²) in [4.78, 5) is 20.9. The van der Waals surface area contributed by atoms with Gasteiger partial charge in [0.1, 0.15) is 0 Å². The molecule has 3 N–H and O–H groups in total. The average Bonchev–Trinajstić information content (AvgIpc) is 2.41. The van der Waals surface area contributed by atoms with Gasteiger partial charge in [-0.05, 0) is 46.3 Å². The second-order valence-electron chi connectivity index (χ2n) is 6.15. The Morgan fingerprint density at radius 1 is 1.43 bits per heavy atom. The van der Waals surface area contributed by atoms with Crippen LogP contribution in [0.2, 0.25) is 0 Å². The van der Waals surface area contributed by atoms with Gasteiger partial charge in [-0.3, -0.25) is 15.6 Å². The van der Waals surface area contributed by atoms with Crippen molar-refractivity contribution >= 4 is 11.6 Å². The number of rotatable bonds is 5. The van der Waals surface area contributed by atoms with Gasteiger partial charge in [0.05, 0.1) is 11.3 Å². The molecule has 1 heterocycles. The number of hydrogen-bond acceptors (Lipinski definition) is 5. The van der Waals surface area contributed by atoms with E-state index in [9.17, 15) is 4.79 Å². The average molecular weight is 291 g/mol. The molecule has 1 aliphatic carbocycles. The normalized spacial score (nSPS) is 16.5. The van der Waals surface area contributed by atoms with E-state index in [2.05, 4.69) is 29.4 Å². The van der Waals surface area contributed by atoms with Gasteiger partial charge in [-0.25, -0.2) is 0 Å². The van der Waals surface area contributed by atoms with Crippen LogP contribution >= 0.6 is 0 Å². The van der Waals surface area contributed by atoms with Crippen LogP contribution in [-0.2, 0) is 0 Å². The van der Waals surface area contributed by atoms with Crippen molar-refractivity contribution in [3.8, 4) is 0 Å². The van der Waals surface area contributed by atoms with Crippen LogP contribution in [0.1, 0.15) is 35.3 Å². The third-order valence-electron chi connectivity index (χ3n) is 4.54. The number of nitrogens with one attached hydrogen (secondary N) is 1. The first kappa shape index (κ1) is 15.7. The molecule has 0 unspecified atom stereocenters. The van der Waals surface area contributed by atoms with Crippen LogP contribution in [0.3, 0.4) is 0 Å². The summed E-state index contributed by atoms with van der Waals surface area (Å²) in [5, 5.41) is 0. The van der Waals surface area contributed by atoms with E-state index < -0.39 is 0 Å². The number of nitrogens with zero attached hydrogens (tertiary/aromatic N) is 3. The maximum absolute atomic E-state index is 12.6. The Kier molecular flexibility index (Phi) is 4.49. The Labute approximate surface area is 126 Å². The molecule has 6 nitrogen and oxygen atoms in total. The van der Waals surface area contributed by atoms with Gasteiger partial charge in [0, 0.05) is 31.0 Å². The van der Waals surface area contributed by atoms with Crippen LogP contribution in [0.5, 0.6) is 0 Å². The van der Waals surface area contributed by atoms with E-state index in [1.807, 2.05) is 14.0 Å². The molecule has 21 heavy (non-hydrogen) atoms. The summed E-state index contributed by atoms with van der Waals surface area (Å²) in [5.74, 6) is 5.46. The molecular weight excluding hydrogens is 266 g/mol. The van der Waals surface area contributed by atoms with Crippen LogP contribution in [0.15, 0.2) is 12.3 Å². The van der Waals surface area contributed by atoms with Crippen molar-refractivity contribution in [1.82, 2.24) is 14.8 Å². The smallest absolute Gasteiger partial charge is 0.257 e. The number of amides is 1. The fraction of sp³-hybridized carbons (Fsp3) is 0.600. The first-order valence-corrected chi connectivity index (χ1v) is 7.26. The lowest BCUT2D eigenvalue weighted by atomic mass is 9.75. The first-order valence-electron chi connectivity index (χ1n) is 7.26. The van der Waals surface area contributed by atoms with Crippen LogP contribution in [0.4, 0.5) is 5.69 Å². The highest BCUT2D eigenvalue weighted by atomic mass is 16.2. The lowest BCUT2D eigenvalue weighted by Gasteiger charge is -2.49. The van der Waals surface area contributed by atoms with Gasteiger partial charge in [0.2, 0.25) is 0 Å². The quantitative estimate of drug-likeness (QED) is 0.630. The van der Waals surface area contributed by atoms with Crippen molar-refractivity contribution < 1.29 is 4.79 Å². The van der Waals surface area contributed by atoms with E-state index in [-0.39, 0.29) is 11.4 Å². The maximum Gasteiger partial charge on any atom is 0.257 e. The van der Waals surface area contributed by atoms with Crippen molar-refractivity contribution in [2.45, 2.75) is 31.7 Å². The Morgan fingerprint density at radius 3 is 2.57 bits per heavy atom. The number of hydrazine groups is 1. The molecule has 0 aliphatic heterocycles. The van der Waals surface area contributed by atoms with Gasteiger partial charge < -0.3 is 15.2 Å². The van der Waals surface area contributed by atoms with Crippen LogP contribution in [0.25, 0.3) is 0 Å². The molecule has 0 atom stereocenters. The number of nitrogens with two attached hydrogens (primary N) is 1. The first-order chi connectivity index (χ1) is 9.89. The highest BCUT2D eigenvalue weighted by Crippen LogP contribution is 2.37. The number of likely N-dealkylation sites (N-methyl/N-ethyl adjacent to an activating group) is 2. The van der Waals surface area contributed by atoms with Gasteiger partial charge in [-0.2, -0.15) is 0 Å².